The van der Waals surface area contributed by atoms with Crippen molar-refractivity contribution in [1.82, 2.24) is 4.90 Å². The van der Waals surface area contributed by atoms with Crippen LogP contribution in [0.2, 0.25) is 0 Å². The van der Waals surface area contributed by atoms with Crippen LogP contribution in [0.4, 0.5) is 5.69 Å². The van der Waals surface area contributed by atoms with E-state index in [2.05, 4.69) is 28.4 Å². The van der Waals surface area contributed by atoms with Gasteiger partial charge in [-0.1, -0.05) is 78.9 Å². The molecule has 4 nitrogen and oxygen atoms in total. The predicted molar refractivity (Wildman–Crippen MR) is 123 cm³/mol. The molecule has 1 amide bonds. The van der Waals surface area contributed by atoms with Crippen LogP contribution >= 0.6 is 0 Å². The highest BCUT2D eigenvalue weighted by Crippen LogP contribution is 2.45. The third-order valence-corrected chi connectivity index (χ3v) is 7.09. The van der Waals surface area contributed by atoms with Crippen LogP contribution in [0.1, 0.15) is 36.0 Å². The maximum atomic E-state index is 13.3. The molecule has 0 aromatic heterocycles. The summed E-state index contributed by atoms with van der Waals surface area (Å²) < 4.78 is 0. The molecule has 4 heteroatoms. The second kappa shape index (κ2) is 7.95. The van der Waals surface area contributed by atoms with Gasteiger partial charge in [0.1, 0.15) is 5.41 Å². The monoisotopic (exact) mass is 412 g/mol. The first-order valence-electron chi connectivity index (χ1n) is 11.1. The number of anilines is 1. The van der Waals surface area contributed by atoms with E-state index < -0.39 is 11.0 Å². The number of nitrogens with one attached hydrogen (secondary N) is 1. The Balaban J connectivity index is 1.36. The second-order valence-corrected chi connectivity index (χ2v) is 8.76. The minimum absolute atomic E-state index is 0.0534. The van der Waals surface area contributed by atoms with Crippen LogP contribution in [0.25, 0.3) is 0 Å². The molecule has 2 aliphatic heterocycles. The Labute approximate surface area is 183 Å². The fraction of sp³-hybridized carbons (Fsp3) is 0.296. The zero-order valence-corrected chi connectivity index (χ0v) is 17.6. The minimum Gasteiger partial charge on any atom is -0.385 e. The average Bonchev–Trinajstić information content (AvgIpc) is 3.12. The standard InChI is InChI=1S/C27H28N2O2/c30-25-27(22-11-5-2-6-12-22,23-13-7-8-14-24(23)28-25)17-20-29-18-15-26(31,16-19-29)21-9-3-1-4-10-21/h1-14,31H,15-20H2,(H,28,30). The molecule has 0 saturated carbocycles. The summed E-state index contributed by atoms with van der Waals surface area (Å²) in [6, 6.07) is 28.1. The van der Waals surface area contributed by atoms with E-state index in [4.69, 9.17) is 0 Å². The molecular weight excluding hydrogens is 384 g/mol. The molecule has 0 aliphatic carbocycles. The molecule has 1 unspecified atom stereocenters. The molecule has 1 saturated heterocycles. The van der Waals surface area contributed by atoms with Gasteiger partial charge in [0, 0.05) is 18.8 Å². The van der Waals surface area contributed by atoms with E-state index in [-0.39, 0.29) is 5.91 Å². The molecule has 2 aliphatic rings. The Morgan fingerprint density at radius 3 is 2.06 bits per heavy atom. The molecule has 1 fully saturated rings. The fourth-order valence-electron chi connectivity index (χ4n) is 5.23. The van der Waals surface area contributed by atoms with Crippen molar-refractivity contribution in [3.8, 4) is 0 Å². The van der Waals surface area contributed by atoms with Gasteiger partial charge in [0.15, 0.2) is 0 Å². The highest BCUT2D eigenvalue weighted by Gasteiger charge is 2.48. The molecule has 3 aromatic carbocycles. The molecule has 0 radical (unpaired) electrons. The van der Waals surface area contributed by atoms with Gasteiger partial charge in [-0.2, -0.15) is 0 Å². The Kier molecular flexibility index (Phi) is 5.12. The smallest absolute Gasteiger partial charge is 0.239 e. The largest absolute Gasteiger partial charge is 0.385 e. The van der Waals surface area contributed by atoms with Gasteiger partial charge >= 0.3 is 0 Å². The summed E-state index contributed by atoms with van der Waals surface area (Å²) in [5.41, 5.74) is 2.57. The van der Waals surface area contributed by atoms with Crippen LogP contribution in [-0.2, 0) is 15.8 Å². The lowest BCUT2D eigenvalue weighted by molar-refractivity contribution is -0.120. The maximum absolute atomic E-state index is 13.3. The van der Waals surface area contributed by atoms with Gasteiger partial charge in [0.25, 0.3) is 0 Å². The molecule has 2 N–H and O–H groups in total. The number of rotatable bonds is 5. The molecule has 0 bridgehead atoms. The number of likely N-dealkylation sites (tertiary alicyclic amines) is 1. The van der Waals surface area contributed by atoms with Crippen molar-refractivity contribution in [2.24, 2.45) is 0 Å². The first-order valence-corrected chi connectivity index (χ1v) is 11.1. The lowest BCUT2D eigenvalue weighted by Gasteiger charge is -2.40. The van der Waals surface area contributed by atoms with Gasteiger partial charge in [-0.3, -0.25) is 4.79 Å². The van der Waals surface area contributed by atoms with E-state index in [9.17, 15) is 9.90 Å². The summed E-state index contributed by atoms with van der Waals surface area (Å²) in [5.74, 6) is 0.0534. The normalized spacial score (nSPS) is 22.7. The molecule has 31 heavy (non-hydrogen) atoms. The molecule has 158 valence electrons. The lowest BCUT2D eigenvalue weighted by atomic mass is 9.72. The van der Waals surface area contributed by atoms with Crippen molar-refractivity contribution in [1.29, 1.82) is 0 Å². The minimum atomic E-state index is -0.758. The van der Waals surface area contributed by atoms with Crippen molar-refractivity contribution in [2.75, 3.05) is 25.0 Å². The topological polar surface area (TPSA) is 52.6 Å². The number of amides is 1. The van der Waals surface area contributed by atoms with Crippen LogP contribution in [-0.4, -0.2) is 35.5 Å². The summed E-state index contributed by atoms with van der Waals surface area (Å²) in [6.45, 7) is 2.45. The number of aliphatic hydroxyl groups is 1. The Bertz CT molecular complexity index is 1060. The van der Waals surface area contributed by atoms with E-state index in [1.54, 1.807) is 0 Å². The van der Waals surface area contributed by atoms with E-state index in [1.807, 2.05) is 66.7 Å². The third kappa shape index (κ3) is 3.46. The number of benzene rings is 3. The molecular formula is C27H28N2O2. The maximum Gasteiger partial charge on any atom is 0.239 e. The third-order valence-electron chi connectivity index (χ3n) is 7.09. The van der Waals surface area contributed by atoms with Gasteiger partial charge in [-0.05, 0) is 48.6 Å². The lowest BCUT2D eigenvalue weighted by Crippen LogP contribution is -2.45. The second-order valence-electron chi connectivity index (χ2n) is 8.76. The van der Waals surface area contributed by atoms with Gasteiger partial charge in [-0.25, -0.2) is 0 Å². The van der Waals surface area contributed by atoms with Crippen molar-refractivity contribution in [3.63, 3.8) is 0 Å². The first kappa shape index (κ1) is 20.0. The van der Waals surface area contributed by atoms with E-state index in [0.717, 1.165) is 42.0 Å². The Morgan fingerprint density at radius 1 is 0.806 bits per heavy atom. The summed E-state index contributed by atoms with van der Waals surface area (Å²) in [7, 11) is 0. The SMILES string of the molecule is O=C1Nc2ccccc2C1(CCN1CCC(O)(c2ccccc2)CC1)c1ccccc1. The van der Waals surface area contributed by atoms with Crippen molar-refractivity contribution < 1.29 is 9.90 Å². The zero-order valence-electron chi connectivity index (χ0n) is 17.6. The number of nitrogens with zero attached hydrogens (tertiary/aromatic N) is 1. The van der Waals surface area contributed by atoms with E-state index in [0.29, 0.717) is 19.3 Å². The van der Waals surface area contributed by atoms with Crippen LogP contribution in [0.5, 0.6) is 0 Å². The van der Waals surface area contributed by atoms with Gasteiger partial charge in [-0.15, -0.1) is 0 Å². The Morgan fingerprint density at radius 2 is 1.39 bits per heavy atom. The number of carbonyl (C=O) groups excluding carboxylic acids is 1. The molecule has 0 spiro atoms. The number of para-hydroxylation sites is 1. The number of fused-ring (bicyclic) bond motifs is 1. The molecule has 1 atom stereocenters. The van der Waals surface area contributed by atoms with Crippen molar-refractivity contribution in [2.45, 2.75) is 30.3 Å². The highest BCUT2D eigenvalue weighted by atomic mass is 16.3. The zero-order chi connectivity index (χ0) is 21.3. The van der Waals surface area contributed by atoms with Crippen LogP contribution < -0.4 is 5.32 Å². The molecule has 3 aromatic rings. The quantitative estimate of drug-likeness (QED) is 0.657. The first-order chi connectivity index (χ1) is 15.1. The number of hydrogen-bond donors (Lipinski definition) is 2. The van der Waals surface area contributed by atoms with Crippen molar-refractivity contribution in [3.05, 3.63) is 102 Å². The Hall–Kier alpha value is -2.95. The molecule has 5 rings (SSSR count). The summed E-state index contributed by atoms with van der Waals surface area (Å²) in [5, 5.41) is 14.3. The van der Waals surface area contributed by atoms with E-state index in [1.165, 1.54) is 0 Å². The summed E-state index contributed by atoms with van der Waals surface area (Å²) in [4.78, 5) is 15.7. The van der Waals surface area contributed by atoms with E-state index >= 15 is 0 Å². The summed E-state index contributed by atoms with van der Waals surface area (Å²) in [6.07, 6.45) is 2.12. The average molecular weight is 413 g/mol. The van der Waals surface area contributed by atoms with Gasteiger partial charge in [0.2, 0.25) is 5.91 Å². The number of carbonyl (C=O) groups is 1. The van der Waals surface area contributed by atoms with Crippen LogP contribution in [0.15, 0.2) is 84.9 Å². The van der Waals surface area contributed by atoms with Crippen LogP contribution in [0.3, 0.4) is 0 Å². The highest BCUT2D eigenvalue weighted by molar-refractivity contribution is 6.08. The molecule has 2 heterocycles. The number of hydrogen-bond acceptors (Lipinski definition) is 3. The fourth-order valence-corrected chi connectivity index (χ4v) is 5.23. The summed E-state index contributed by atoms with van der Waals surface area (Å²) >= 11 is 0. The van der Waals surface area contributed by atoms with Gasteiger partial charge < -0.3 is 15.3 Å². The van der Waals surface area contributed by atoms with Crippen molar-refractivity contribution >= 4 is 11.6 Å². The van der Waals surface area contributed by atoms with Crippen LogP contribution in [0, 0.1) is 0 Å². The predicted octanol–water partition coefficient (Wildman–Crippen LogP) is 4.30. The number of piperidine rings is 1. The van der Waals surface area contributed by atoms with Gasteiger partial charge in [0.05, 0.1) is 5.60 Å².